The first-order valence-electron chi connectivity index (χ1n) is 9.01. The van der Waals surface area contributed by atoms with Crippen LogP contribution in [0.15, 0.2) is 28.8 Å². The van der Waals surface area contributed by atoms with Crippen molar-refractivity contribution in [2.75, 3.05) is 7.11 Å². The summed E-state index contributed by atoms with van der Waals surface area (Å²) in [5.41, 5.74) is 0.730. The Kier molecular flexibility index (Phi) is 6.40. The van der Waals surface area contributed by atoms with Gasteiger partial charge in [-0.2, -0.15) is 4.98 Å². The van der Waals surface area contributed by atoms with E-state index in [2.05, 4.69) is 29.3 Å². The van der Waals surface area contributed by atoms with Gasteiger partial charge in [-0.3, -0.25) is 4.79 Å². The molecular weight excluding hydrogens is 330 g/mol. The van der Waals surface area contributed by atoms with Crippen molar-refractivity contribution >= 4 is 5.91 Å². The molecule has 1 N–H and O–H groups in total. The van der Waals surface area contributed by atoms with Gasteiger partial charge < -0.3 is 14.6 Å². The molecule has 6 nitrogen and oxygen atoms in total. The predicted molar refractivity (Wildman–Crippen MR) is 101 cm³/mol. The Morgan fingerprint density at radius 2 is 2.08 bits per heavy atom. The first-order valence-corrected chi connectivity index (χ1v) is 9.01. The summed E-state index contributed by atoms with van der Waals surface area (Å²) in [4.78, 5) is 16.9. The van der Waals surface area contributed by atoms with Crippen LogP contribution >= 0.6 is 0 Å². The standard InChI is InChI=1S/C20H29N3O3/c1-7-13(2)17(21-16(24)12-20(3,4)5)19-22-18(23-26-19)14-9-8-10-15(11-14)25-6/h8-11,13,17H,7,12H2,1-6H3,(H,21,24)/t13-,17+/m0/s1. The summed E-state index contributed by atoms with van der Waals surface area (Å²) in [6, 6.07) is 7.18. The Bertz CT molecular complexity index is 734. The van der Waals surface area contributed by atoms with Crippen LogP contribution in [0.4, 0.5) is 0 Å². The van der Waals surface area contributed by atoms with Crippen molar-refractivity contribution in [2.45, 2.75) is 53.5 Å². The minimum absolute atomic E-state index is 0.0102. The maximum absolute atomic E-state index is 12.4. The van der Waals surface area contributed by atoms with Gasteiger partial charge in [0.25, 0.3) is 0 Å². The molecule has 0 bridgehead atoms. The topological polar surface area (TPSA) is 77.2 Å². The van der Waals surface area contributed by atoms with Crippen LogP contribution in [0, 0.1) is 11.3 Å². The van der Waals surface area contributed by atoms with Crippen LogP contribution in [-0.2, 0) is 4.79 Å². The van der Waals surface area contributed by atoms with Gasteiger partial charge in [0.2, 0.25) is 17.6 Å². The maximum atomic E-state index is 12.4. The fourth-order valence-electron chi connectivity index (χ4n) is 2.63. The number of ether oxygens (including phenoxy) is 1. The minimum Gasteiger partial charge on any atom is -0.497 e. The number of nitrogens with zero attached hydrogens (tertiary/aromatic N) is 2. The van der Waals surface area contributed by atoms with Gasteiger partial charge in [0.15, 0.2) is 0 Å². The van der Waals surface area contributed by atoms with E-state index in [0.29, 0.717) is 18.1 Å². The number of aromatic nitrogens is 2. The molecule has 0 aliphatic carbocycles. The number of carbonyl (C=O) groups is 1. The third-order valence-electron chi connectivity index (χ3n) is 4.26. The van der Waals surface area contributed by atoms with Gasteiger partial charge in [0.05, 0.1) is 7.11 Å². The summed E-state index contributed by atoms with van der Waals surface area (Å²) in [7, 11) is 1.62. The molecule has 0 fully saturated rings. The van der Waals surface area contributed by atoms with Gasteiger partial charge >= 0.3 is 0 Å². The molecule has 0 aliphatic rings. The molecule has 6 heteroatoms. The lowest BCUT2D eigenvalue weighted by molar-refractivity contribution is -0.124. The number of nitrogens with one attached hydrogen (secondary N) is 1. The highest BCUT2D eigenvalue weighted by atomic mass is 16.5. The van der Waals surface area contributed by atoms with E-state index in [1.54, 1.807) is 7.11 Å². The monoisotopic (exact) mass is 359 g/mol. The summed E-state index contributed by atoms with van der Waals surface area (Å²) in [6.07, 6.45) is 1.33. The molecule has 0 saturated heterocycles. The molecule has 0 saturated carbocycles. The second-order valence-corrected chi connectivity index (χ2v) is 7.86. The zero-order chi connectivity index (χ0) is 19.3. The number of carbonyl (C=O) groups excluding carboxylic acids is 1. The van der Waals surface area contributed by atoms with Crippen LogP contribution < -0.4 is 10.1 Å². The van der Waals surface area contributed by atoms with Crippen molar-refractivity contribution in [3.63, 3.8) is 0 Å². The van der Waals surface area contributed by atoms with Gasteiger partial charge in [-0.15, -0.1) is 0 Å². The summed E-state index contributed by atoms with van der Waals surface area (Å²) < 4.78 is 10.7. The van der Waals surface area contributed by atoms with Crippen LogP contribution in [0.3, 0.4) is 0 Å². The smallest absolute Gasteiger partial charge is 0.249 e. The van der Waals surface area contributed by atoms with E-state index in [1.807, 2.05) is 45.0 Å². The third-order valence-corrected chi connectivity index (χ3v) is 4.26. The Morgan fingerprint density at radius 3 is 2.69 bits per heavy atom. The van der Waals surface area contributed by atoms with Gasteiger partial charge in [-0.05, 0) is 23.5 Å². The Balaban J connectivity index is 2.23. The summed E-state index contributed by atoms with van der Waals surface area (Å²) in [5.74, 6) is 1.81. The molecule has 26 heavy (non-hydrogen) atoms. The lowest BCUT2D eigenvalue weighted by Crippen LogP contribution is -2.34. The minimum atomic E-state index is -0.304. The molecule has 142 valence electrons. The number of hydrogen-bond acceptors (Lipinski definition) is 5. The van der Waals surface area contributed by atoms with Crippen molar-refractivity contribution in [1.82, 2.24) is 15.5 Å². The molecule has 0 radical (unpaired) electrons. The van der Waals surface area contributed by atoms with Gasteiger partial charge in [0, 0.05) is 12.0 Å². The van der Waals surface area contributed by atoms with E-state index in [0.717, 1.165) is 17.7 Å². The quantitative estimate of drug-likeness (QED) is 0.793. The maximum Gasteiger partial charge on any atom is 0.249 e. The molecular formula is C20H29N3O3. The van der Waals surface area contributed by atoms with Crippen molar-refractivity contribution in [3.05, 3.63) is 30.2 Å². The molecule has 2 rings (SSSR count). The Hall–Kier alpha value is -2.37. The summed E-state index contributed by atoms with van der Waals surface area (Å²) >= 11 is 0. The highest BCUT2D eigenvalue weighted by Gasteiger charge is 2.28. The van der Waals surface area contributed by atoms with Crippen LogP contribution in [-0.4, -0.2) is 23.2 Å². The van der Waals surface area contributed by atoms with E-state index < -0.39 is 0 Å². The van der Waals surface area contributed by atoms with Crippen LogP contribution in [0.25, 0.3) is 11.4 Å². The number of rotatable bonds is 7. The number of methoxy groups -OCH3 is 1. The average Bonchev–Trinajstić information content (AvgIpc) is 3.07. The molecule has 1 amide bonds. The SMILES string of the molecule is CC[C@H](C)[C@@H](NC(=O)CC(C)(C)C)c1nc(-c2cccc(OC)c2)no1. The van der Waals surface area contributed by atoms with Crippen LogP contribution in [0.2, 0.25) is 0 Å². The Morgan fingerprint density at radius 1 is 1.35 bits per heavy atom. The Labute approximate surface area is 155 Å². The third kappa shape index (κ3) is 5.31. The zero-order valence-electron chi connectivity index (χ0n) is 16.5. The van der Waals surface area contributed by atoms with E-state index in [-0.39, 0.29) is 23.3 Å². The summed E-state index contributed by atoms with van der Waals surface area (Å²) in [5, 5.41) is 7.16. The fourth-order valence-corrected chi connectivity index (χ4v) is 2.63. The van der Waals surface area contributed by atoms with Crippen LogP contribution in [0.5, 0.6) is 5.75 Å². The lowest BCUT2D eigenvalue weighted by atomic mass is 9.91. The number of hydrogen-bond donors (Lipinski definition) is 1. The largest absolute Gasteiger partial charge is 0.497 e. The molecule has 2 aromatic rings. The normalized spacial score (nSPS) is 13.9. The lowest BCUT2D eigenvalue weighted by Gasteiger charge is -2.23. The first kappa shape index (κ1) is 19.9. The predicted octanol–water partition coefficient (Wildman–Crippen LogP) is 4.38. The van der Waals surface area contributed by atoms with E-state index in [4.69, 9.17) is 9.26 Å². The van der Waals surface area contributed by atoms with Crippen molar-refractivity contribution in [1.29, 1.82) is 0 Å². The van der Waals surface area contributed by atoms with Gasteiger partial charge in [-0.1, -0.05) is 58.3 Å². The molecule has 1 aromatic carbocycles. The van der Waals surface area contributed by atoms with Gasteiger partial charge in [-0.25, -0.2) is 0 Å². The highest BCUT2D eigenvalue weighted by Crippen LogP contribution is 2.28. The first-order chi connectivity index (χ1) is 12.2. The fraction of sp³-hybridized carbons (Fsp3) is 0.550. The molecule has 0 unspecified atom stereocenters. The highest BCUT2D eigenvalue weighted by molar-refractivity contribution is 5.77. The summed E-state index contributed by atoms with van der Waals surface area (Å²) in [6.45, 7) is 10.3. The van der Waals surface area contributed by atoms with E-state index >= 15 is 0 Å². The molecule has 1 heterocycles. The van der Waals surface area contributed by atoms with Crippen molar-refractivity contribution in [2.24, 2.45) is 11.3 Å². The molecule has 0 aliphatic heterocycles. The van der Waals surface area contributed by atoms with Crippen molar-refractivity contribution < 1.29 is 14.1 Å². The average molecular weight is 359 g/mol. The van der Waals surface area contributed by atoms with E-state index in [1.165, 1.54) is 0 Å². The zero-order valence-corrected chi connectivity index (χ0v) is 16.5. The molecule has 0 spiro atoms. The number of amides is 1. The molecule has 2 atom stereocenters. The number of benzene rings is 1. The van der Waals surface area contributed by atoms with Crippen molar-refractivity contribution in [3.8, 4) is 17.1 Å². The second-order valence-electron chi connectivity index (χ2n) is 7.86. The van der Waals surface area contributed by atoms with E-state index in [9.17, 15) is 4.79 Å². The van der Waals surface area contributed by atoms with Gasteiger partial charge in [0.1, 0.15) is 11.8 Å². The van der Waals surface area contributed by atoms with Crippen LogP contribution in [0.1, 0.15) is 59.4 Å². The molecule has 1 aromatic heterocycles. The second kappa shape index (κ2) is 8.34.